The van der Waals surface area contributed by atoms with Gasteiger partial charge in [0.05, 0.1) is 12.2 Å². The van der Waals surface area contributed by atoms with Crippen molar-refractivity contribution in [3.63, 3.8) is 0 Å². The fraction of sp³-hybridized carbons (Fsp3) is 0.125. The van der Waals surface area contributed by atoms with E-state index in [1.54, 1.807) is 0 Å². The highest BCUT2D eigenvalue weighted by Gasteiger charge is 2.14. The van der Waals surface area contributed by atoms with E-state index >= 15 is 0 Å². The number of halogens is 2. The molecule has 0 bridgehead atoms. The molecule has 0 atom stereocenters. The zero-order chi connectivity index (χ0) is 10.0. The van der Waals surface area contributed by atoms with Crippen LogP contribution in [0.4, 0.5) is 4.39 Å². The molecule has 2 N–H and O–H groups in total. The molecule has 0 aromatic heterocycles. The Morgan fingerprint density at radius 2 is 2.15 bits per heavy atom. The van der Waals surface area contributed by atoms with Gasteiger partial charge in [-0.3, -0.25) is 0 Å². The van der Waals surface area contributed by atoms with Crippen LogP contribution in [0.3, 0.4) is 0 Å². The van der Waals surface area contributed by atoms with Crippen LogP contribution < -0.4 is 0 Å². The summed E-state index contributed by atoms with van der Waals surface area (Å²) >= 11 is 5.50. The van der Waals surface area contributed by atoms with Crippen LogP contribution in [0.15, 0.2) is 12.1 Å². The normalized spacial score (nSPS) is 10.1. The van der Waals surface area contributed by atoms with Crippen LogP contribution in [0.1, 0.15) is 15.9 Å². The molecule has 3 nitrogen and oxygen atoms in total. The van der Waals surface area contributed by atoms with Gasteiger partial charge in [0, 0.05) is 10.6 Å². The zero-order valence-electron chi connectivity index (χ0n) is 6.42. The number of carboxylic acids is 1. The second-order valence-corrected chi connectivity index (χ2v) is 2.83. The van der Waals surface area contributed by atoms with E-state index in [0.717, 1.165) is 6.07 Å². The molecule has 0 heterocycles. The first-order valence-electron chi connectivity index (χ1n) is 3.38. The fourth-order valence-corrected chi connectivity index (χ4v) is 1.16. The van der Waals surface area contributed by atoms with Gasteiger partial charge in [-0.2, -0.15) is 0 Å². The Bertz CT molecular complexity index is 351. The minimum Gasteiger partial charge on any atom is -0.478 e. The van der Waals surface area contributed by atoms with E-state index in [1.807, 2.05) is 0 Å². The zero-order valence-corrected chi connectivity index (χ0v) is 7.18. The molecule has 0 aliphatic rings. The highest BCUT2D eigenvalue weighted by molar-refractivity contribution is 6.31. The van der Waals surface area contributed by atoms with E-state index in [9.17, 15) is 9.18 Å². The highest BCUT2D eigenvalue weighted by Crippen LogP contribution is 2.19. The Kier molecular flexibility index (Phi) is 2.85. The molecule has 0 fully saturated rings. The van der Waals surface area contributed by atoms with Crippen molar-refractivity contribution in [2.24, 2.45) is 0 Å². The van der Waals surface area contributed by atoms with E-state index in [0.29, 0.717) is 0 Å². The van der Waals surface area contributed by atoms with Gasteiger partial charge in [0.1, 0.15) is 5.82 Å². The van der Waals surface area contributed by atoms with Crippen molar-refractivity contribution in [3.8, 4) is 0 Å². The first kappa shape index (κ1) is 9.95. The lowest BCUT2D eigenvalue weighted by Gasteiger charge is -2.03. The van der Waals surface area contributed by atoms with Gasteiger partial charge < -0.3 is 10.2 Å². The Morgan fingerprint density at radius 1 is 1.54 bits per heavy atom. The summed E-state index contributed by atoms with van der Waals surface area (Å²) in [4.78, 5) is 10.5. The van der Waals surface area contributed by atoms with E-state index in [1.165, 1.54) is 6.07 Å². The molecule has 5 heteroatoms. The van der Waals surface area contributed by atoms with Gasteiger partial charge >= 0.3 is 5.97 Å². The summed E-state index contributed by atoms with van der Waals surface area (Å²) in [5.41, 5.74) is -0.651. The van der Waals surface area contributed by atoms with Crippen molar-refractivity contribution >= 4 is 17.6 Å². The summed E-state index contributed by atoms with van der Waals surface area (Å²) in [5.74, 6) is -2.35. The molecule has 0 radical (unpaired) electrons. The van der Waals surface area contributed by atoms with Gasteiger partial charge in [-0.05, 0) is 12.1 Å². The van der Waals surface area contributed by atoms with Crippen LogP contribution in [0.25, 0.3) is 0 Å². The lowest BCUT2D eigenvalue weighted by atomic mass is 10.1. The Morgan fingerprint density at radius 3 is 2.62 bits per heavy atom. The van der Waals surface area contributed by atoms with Crippen LogP contribution in [0.2, 0.25) is 5.02 Å². The number of aromatic carboxylic acids is 1. The van der Waals surface area contributed by atoms with Gasteiger partial charge in [-0.15, -0.1) is 0 Å². The maximum atomic E-state index is 13.1. The number of aliphatic hydroxyl groups excluding tert-OH is 1. The van der Waals surface area contributed by atoms with E-state index in [-0.39, 0.29) is 10.6 Å². The SMILES string of the molecule is O=C(O)c1cc(Cl)cc(CO)c1F. The molecule has 0 aliphatic carbocycles. The van der Waals surface area contributed by atoms with Crippen molar-refractivity contribution in [2.75, 3.05) is 0 Å². The highest BCUT2D eigenvalue weighted by atomic mass is 35.5. The van der Waals surface area contributed by atoms with Crippen LogP contribution in [-0.2, 0) is 6.61 Å². The molecule has 0 unspecified atom stereocenters. The van der Waals surface area contributed by atoms with Gasteiger partial charge in [0.2, 0.25) is 0 Å². The minimum atomic E-state index is -1.41. The van der Waals surface area contributed by atoms with Crippen LogP contribution in [0, 0.1) is 5.82 Å². The minimum absolute atomic E-state index is 0.0860. The molecule has 13 heavy (non-hydrogen) atoms. The number of aliphatic hydroxyl groups is 1. The Hall–Kier alpha value is -1.13. The third-order valence-electron chi connectivity index (χ3n) is 1.51. The molecular formula is C8H6ClFO3. The largest absolute Gasteiger partial charge is 0.478 e. The molecular weight excluding hydrogens is 199 g/mol. The first-order valence-corrected chi connectivity index (χ1v) is 3.76. The Balaban J connectivity index is 3.35. The van der Waals surface area contributed by atoms with Crippen molar-refractivity contribution in [1.29, 1.82) is 0 Å². The number of carbonyl (C=O) groups is 1. The molecule has 70 valence electrons. The molecule has 1 rings (SSSR count). The maximum Gasteiger partial charge on any atom is 0.338 e. The topological polar surface area (TPSA) is 57.5 Å². The summed E-state index contributed by atoms with van der Waals surface area (Å²) in [5, 5.41) is 17.3. The summed E-state index contributed by atoms with van der Waals surface area (Å²) in [6.07, 6.45) is 0. The second kappa shape index (κ2) is 3.72. The summed E-state index contributed by atoms with van der Waals surface area (Å²) in [6.45, 7) is -0.577. The summed E-state index contributed by atoms with van der Waals surface area (Å²) in [6, 6.07) is 2.18. The monoisotopic (exact) mass is 204 g/mol. The molecule has 0 aliphatic heterocycles. The number of hydrogen-bond acceptors (Lipinski definition) is 2. The van der Waals surface area contributed by atoms with Gasteiger partial charge in [0.15, 0.2) is 0 Å². The molecule has 0 amide bonds. The standard InChI is InChI=1S/C8H6ClFO3/c9-5-1-4(3-11)7(10)6(2-5)8(12)13/h1-2,11H,3H2,(H,12,13). The Labute approximate surface area is 78.4 Å². The van der Waals surface area contributed by atoms with Crippen molar-refractivity contribution in [2.45, 2.75) is 6.61 Å². The molecule has 0 saturated carbocycles. The van der Waals surface area contributed by atoms with Crippen molar-refractivity contribution < 1.29 is 19.4 Å². The predicted octanol–water partition coefficient (Wildman–Crippen LogP) is 1.67. The van der Waals surface area contributed by atoms with Crippen LogP contribution >= 0.6 is 11.6 Å². The van der Waals surface area contributed by atoms with Gasteiger partial charge in [-0.25, -0.2) is 9.18 Å². The quantitative estimate of drug-likeness (QED) is 0.771. The van der Waals surface area contributed by atoms with Gasteiger partial charge in [0.25, 0.3) is 0 Å². The summed E-state index contributed by atoms with van der Waals surface area (Å²) < 4.78 is 13.1. The number of rotatable bonds is 2. The average Bonchev–Trinajstić information content (AvgIpc) is 2.08. The van der Waals surface area contributed by atoms with Crippen LogP contribution in [-0.4, -0.2) is 16.2 Å². The van der Waals surface area contributed by atoms with E-state index in [2.05, 4.69) is 0 Å². The number of carboxylic acid groups (broad SMARTS) is 1. The lowest BCUT2D eigenvalue weighted by Crippen LogP contribution is -2.03. The van der Waals surface area contributed by atoms with Gasteiger partial charge in [-0.1, -0.05) is 11.6 Å². The van der Waals surface area contributed by atoms with Crippen molar-refractivity contribution in [1.82, 2.24) is 0 Å². The summed E-state index contributed by atoms with van der Waals surface area (Å²) in [7, 11) is 0. The smallest absolute Gasteiger partial charge is 0.338 e. The van der Waals surface area contributed by atoms with E-state index in [4.69, 9.17) is 21.8 Å². The van der Waals surface area contributed by atoms with E-state index < -0.39 is 24.0 Å². The molecule has 1 aromatic rings. The number of benzene rings is 1. The molecule has 0 spiro atoms. The molecule has 0 saturated heterocycles. The number of hydrogen-bond donors (Lipinski definition) is 2. The average molecular weight is 205 g/mol. The predicted molar refractivity (Wildman–Crippen MR) is 44.3 cm³/mol. The molecule has 1 aromatic carbocycles. The maximum absolute atomic E-state index is 13.1. The fourth-order valence-electron chi connectivity index (χ4n) is 0.916. The van der Waals surface area contributed by atoms with Crippen molar-refractivity contribution in [3.05, 3.63) is 34.1 Å². The van der Waals surface area contributed by atoms with Crippen LogP contribution in [0.5, 0.6) is 0 Å². The first-order chi connectivity index (χ1) is 6.06. The second-order valence-electron chi connectivity index (χ2n) is 2.39. The third-order valence-corrected chi connectivity index (χ3v) is 1.73. The lowest BCUT2D eigenvalue weighted by molar-refractivity contribution is 0.0691. The third kappa shape index (κ3) is 1.96.